The molecule has 0 bridgehead atoms. The number of aliphatic hydroxyl groups excluding tert-OH is 2. The zero-order chi connectivity index (χ0) is 33.3. The smallest absolute Gasteiger partial charge is 0.255 e. The average molecular weight is 631 g/mol. The number of nitrogens with one attached hydrogen (secondary N) is 1. The minimum atomic E-state index is -2.76. The average Bonchev–Trinajstić information content (AvgIpc) is 2.94. The van der Waals surface area contributed by atoms with Crippen LogP contribution in [0.5, 0.6) is 5.75 Å². The van der Waals surface area contributed by atoms with E-state index in [1.807, 2.05) is 0 Å². The number of phenols is 1. The molecule has 14 heteroatoms. The minimum absolute atomic E-state index is 0.0481. The highest BCUT2D eigenvalue weighted by Crippen LogP contribution is 2.53. The van der Waals surface area contributed by atoms with Crippen molar-refractivity contribution in [2.45, 2.75) is 37.6 Å². The van der Waals surface area contributed by atoms with E-state index in [1.54, 1.807) is 39.2 Å². The number of Topliss-reactive ketones (excluding diaryl/α,β-unsaturated/α-hetero) is 2. The number of aromatic hydroxyl groups is 1. The van der Waals surface area contributed by atoms with Gasteiger partial charge in [0.2, 0.25) is 5.78 Å². The fourth-order valence-electron chi connectivity index (χ4n) is 6.94. The molecule has 4 unspecified atom stereocenters. The molecule has 0 fully saturated rings. The Kier molecular flexibility index (Phi) is 7.96. The Morgan fingerprint density at radius 2 is 1.67 bits per heavy atom. The van der Waals surface area contributed by atoms with Gasteiger partial charge in [0, 0.05) is 49.9 Å². The number of nitrogens with zero attached hydrogens (tertiary/aromatic N) is 2. The Hall–Kier alpha value is -4.40. The first kappa shape index (κ1) is 32.0. The number of halogens is 3. The van der Waals surface area contributed by atoms with E-state index in [0.717, 1.165) is 12.1 Å². The summed E-state index contributed by atoms with van der Waals surface area (Å²) in [7, 11) is 6.54. The van der Waals surface area contributed by atoms with Gasteiger partial charge in [0.15, 0.2) is 28.8 Å². The number of aliphatic hydroxyl groups is 3. The number of anilines is 1. The van der Waals surface area contributed by atoms with Crippen LogP contribution >= 0.6 is 0 Å². The maximum atomic E-state index is 14.1. The number of fused-ring (bicyclic) bond motifs is 3. The highest BCUT2D eigenvalue weighted by molar-refractivity contribution is 6.25. The summed E-state index contributed by atoms with van der Waals surface area (Å²) in [5.41, 5.74) is 2.56. The summed E-state index contributed by atoms with van der Waals surface area (Å²) in [6.45, 7) is -0.209. The lowest BCUT2D eigenvalue weighted by molar-refractivity contribution is -0.148. The van der Waals surface area contributed by atoms with Gasteiger partial charge < -0.3 is 36.4 Å². The van der Waals surface area contributed by atoms with Crippen LogP contribution in [0.4, 0.5) is 18.9 Å². The molecule has 0 saturated carbocycles. The van der Waals surface area contributed by atoms with Gasteiger partial charge in [0.25, 0.3) is 5.91 Å². The van der Waals surface area contributed by atoms with Crippen LogP contribution in [0, 0.1) is 29.3 Å². The molecule has 0 aromatic heterocycles. The number of phenolic OH excluding ortho intramolecular Hbond substituents is 1. The summed E-state index contributed by atoms with van der Waals surface area (Å²) in [5.74, 6) is -11.8. The number of benzene rings is 2. The number of likely N-dealkylation sites (N-methyl/N-ethyl adjacent to an activating group) is 1. The maximum absolute atomic E-state index is 14.1. The topological polar surface area (TPSA) is 177 Å². The van der Waals surface area contributed by atoms with E-state index < -0.39 is 81.2 Å². The van der Waals surface area contributed by atoms with Crippen molar-refractivity contribution >= 4 is 23.2 Å². The fourth-order valence-corrected chi connectivity index (χ4v) is 6.94. The van der Waals surface area contributed by atoms with Gasteiger partial charge in [0.05, 0.1) is 11.6 Å². The molecule has 0 spiro atoms. The summed E-state index contributed by atoms with van der Waals surface area (Å²) in [4.78, 5) is 43.0. The lowest BCUT2D eigenvalue weighted by Crippen LogP contribution is -2.63. The van der Waals surface area contributed by atoms with Gasteiger partial charge in [-0.05, 0) is 62.2 Å². The highest BCUT2D eigenvalue weighted by atomic mass is 19.2. The molecule has 0 heterocycles. The van der Waals surface area contributed by atoms with E-state index in [1.165, 1.54) is 4.90 Å². The third-order valence-corrected chi connectivity index (χ3v) is 8.95. The van der Waals surface area contributed by atoms with Gasteiger partial charge in [-0.3, -0.25) is 19.3 Å². The number of amides is 1. The number of primary amides is 1. The van der Waals surface area contributed by atoms with Gasteiger partial charge in [-0.15, -0.1) is 0 Å². The molecule has 0 aliphatic heterocycles. The molecule has 45 heavy (non-hydrogen) atoms. The van der Waals surface area contributed by atoms with Gasteiger partial charge in [-0.1, -0.05) is 0 Å². The zero-order valence-electron chi connectivity index (χ0n) is 24.9. The summed E-state index contributed by atoms with van der Waals surface area (Å²) >= 11 is 0. The van der Waals surface area contributed by atoms with Crippen LogP contribution in [0.3, 0.4) is 0 Å². The molecule has 11 nitrogen and oxygen atoms in total. The lowest BCUT2D eigenvalue weighted by atomic mass is 9.58. The number of hydrogen-bond donors (Lipinski definition) is 6. The predicted octanol–water partition coefficient (Wildman–Crippen LogP) is 1.89. The molecule has 7 N–H and O–H groups in total. The lowest BCUT2D eigenvalue weighted by Gasteiger charge is -2.50. The maximum Gasteiger partial charge on any atom is 0.255 e. The molecule has 2 aromatic rings. The van der Waals surface area contributed by atoms with E-state index in [0.29, 0.717) is 11.3 Å². The first-order chi connectivity index (χ1) is 21.0. The van der Waals surface area contributed by atoms with Crippen molar-refractivity contribution in [3.8, 4) is 5.75 Å². The monoisotopic (exact) mass is 630 g/mol. The third kappa shape index (κ3) is 4.84. The number of nitrogens with two attached hydrogens (primary N) is 1. The Balaban J connectivity index is 1.58. The van der Waals surface area contributed by atoms with E-state index in [4.69, 9.17) is 5.73 Å². The molecule has 1 amide bonds. The molecule has 3 aliphatic carbocycles. The molecular weight excluding hydrogens is 597 g/mol. The second-order valence-electron chi connectivity index (χ2n) is 12.1. The van der Waals surface area contributed by atoms with Gasteiger partial charge >= 0.3 is 0 Å². The minimum Gasteiger partial charge on any atom is -0.510 e. The van der Waals surface area contributed by atoms with Crippen molar-refractivity contribution in [3.63, 3.8) is 0 Å². The van der Waals surface area contributed by atoms with Crippen LogP contribution in [-0.2, 0) is 29.1 Å². The molecular formula is C31H33F3N4O7. The number of carbonyl (C=O) groups excluding carboxylic acids is 3. The summed E-state index contributed by atoms with van der Waals surface area (Å²) < 4.78 is 40.7. The number of allylic oxidation sites excluding steroid dienone is 1. The van der Waals surface area contributed by atoms with Gasteiger partial charge in [-0.2, -0.15) is 0 Å². The third-order valence-electron chi connectivity index (χ3n) is 8.95. The quantitative estimate of drug-likeness (QED) is 0.196. The molecule has 3 aliphatic rings. The van der Waals surface area contributed by atoms with Crippen molar-refractivity contribution in [2.24, 2.45) is 17.6 Å². The van der Waals surface area contributed by atoms with Crippen molar-refractivity contribution in [2.75, 3.05) is 33.1 Å². The first-order valence-corrected chi connectivity index (χ1v) is 14.1. The Labute approximate surface area is 256 Å². The van der Waals surface area contributed by atoms with Crippen LogP contribution in [-0.4, -0.2) is 82.6 Å². The van der Waals surface area contributed by atoms with Gasteiger partial charge in [-0.25, -0.2) is 13.2 Å². The zero-order valence-corrected chi connectivity index (χ0v) is 24.9. The summed E-state index contributed by atoms with van der Waals surface area (Å²) in [6.07, 6.45) is 0.0605. The Morgan fingerprint density at radius 1 is 1.04 bits per heavy atom. The first-order valence-electron chi connectivity index (χ1n) is 14.1. The van der Waals surface area contributed by atoms with E-state index in [2.05, 4.69) is 5.32 Å². The molecule has 2 aromatic carbocycles. The highest BCUT2D eigenvalue weighted by Gasteiger charge is 2.63. The van der Waals surface area contributed by atoms with Gasteiger partial charge in [0.1, 0.15) is 22.8 Å². The van der Waals surface area contributed by atoms with E-state index in [9.17, 15) is 48.0 Å². The summed E-state index contributed by atoms with van der Waals surface area (Å²) in [5, 5.41) is 48.4. The second-order valence-corrected chi connectivity index (χ2v) is 12.1. The Bertz CT molecular complexity index is 1700. The SMILES string of the molecule is CN(C)c1cc(CNCc2cc(F)c(F)c(F)c2)c(O)c2c1CC1CC3C(N(C)C)C(O)=C(C(N)=O)C(=O)C3(O)C(O)=C1C2=O. The van der Waals surface area contributed by atoms with E-state index in [-0.39, 0.29) is 48.2 Å². The van der Waals surface area contributed by atoms with Crippen molar-refractivity contribution < 1.29 is 48.0 Å². The number of hydrogen-bond acceptors (Lipinski definition) is 10. The van der Waals surface area contributed by atoms with Crippen LogP contribution in [0.2, 0.25) is 0 Å². The summed E-state index contributed by atoms with van der Waals surface area (Å²) in [6, 6.07) is 2.19. The normalized spacial score (nSPS) is 24.5. The van der Waals surface area contributed by atoms with Crippen LogP contribution < -0.4 is 16.0 Å². The molecule has 0 saturated heterocycles. The number of carbonyl (C=O) groups is 3. The standard InChI is InChI=1S/C31H33F3N4O7/c1-37(2)19-9-14(11-36-10-12-5-17(32)23(34)18(33)6-12)25(39)21-15(19)7-13-8-16-24(38(3)4)27(41)22(30(35)44)29(43)31(16,45)28(42)20(13)26(21)40/h5-6,9,13,16,24,36,39,41-42,45H,7-8,10-11H2,1-4H3,(H2,35,44). The number of ketones is 2. The second kappa shape index (κ2) is 11.2. The number of rotatable bonds is 7. The van der Waals surface area contributed by atoms with Crippen molar-refractivity contribution in [1.82, 2.24) is 10.2 Å². The molecule has 5 rings (SSSR count). The molecule has 240 valence electrons. The van der Waals surface area contributed by atoms with Crippen LogP contribution in [0.15, 0.2) is 40.9 Å². The fraction of sp³-hybridized carbons (Fsp3) is 0.387. The molecule has 4 atom stereocenters. The van der Waals surface area contributed by atoms with Crippen molar-refractivity contribution in [1.29, 1.82) is 0 Å². The Morgan fingerprint density at radius 3 is 2.22 bits per heavy atom. The molecule has 0 radical (unpaired) electrons. The largest absolute Gasteiger partial charge is 0.510 e. The van der Waals surface area contributed by atoms with Crippen molar-refractivity contribution in [3.05, 3.63) is 80.6 Å². The van der Waals surface area contributed by atoms with Crippen LogP contribution in [0.1, 0.15) is 33.5 Å². The van der Waals surface area contributed by atoms with E-state index >= 15 is 0 Å². The predicted molar refractivity (Wildman–Crippen MR) is 155 cm³/mol. The van der Waals surface area contributed by atoms with Crippen LogP contribution in [0.25, 0.3) is 0 Å².